The van der Waals surface area contributed by atoms with Crippen LogP contribution in [-0.2, 0) is 4.74 Å². The molecule has 1 aliphatic heterocycles. The van der Waals surface area contributed by atoms with Crippen LogP contribution in [0.5, 0.6) is 0 Å². The van der Waals surface area contributed by atoms with Gasteiger partial charge in [-0.1, -0.05) is 24.3 Å². The second kappa shape index (κ2) is 8.43. The van der Waals surface area contributed by atoms with Gasteiger partial charge in [0, 0.05) is 49.2 Å². The van der Waals surface area contributed by atoms with Crippen LogP contribution in [0, 0.1) is 0 Å². The summed E-state index contributed by atoms with van der Waals surface area (Å²) in [5, 5.41) is 0. The van der Waals surface area contributed by atoms with E-state index in [1.54, 1.807) is 18.3 Å². The molecule has 4 aromatic rings. The quantitative estimate of drug-likeness (QED) is 0.499. The van der Waals surface area contributed by atoms with Gasteiger partial charge in [-0.05, 0) is 36.9 Å². The van der Waals surface area contributed by atoms with Gasteiger partial charge in [-0.25, -0.2) is 14.8 Å². The molecule has 7 heteroatoms. The van der Waals surface area contributed by atoms with Gasteiger partial charge in [0.25, 0.3) is 0 Å². The number of carbonyl (C=O) groups excluding carboxylic acids is 1. The van der Waals surface area contributed by atoms with E-state index in [0.717, 1.165) is 59.7 Å². The van der Waals surface area contributed by atoms with Gasteiger partial charge in [0.2, 0.25) is 0 Å². The molecule has 1 aliphatic rings. The Morgan fingerprint density at radius 3 is 2.34 bits per heavy atom. The highest BCUT2D eigenvalue weighted by Gasteiger charge is 2.15. The predicted octanol–water partition coefficient (Wildman–Crippen LogP) is 3.83. The van der Waals surface area contributed by atoms with E-state index in [-0.39, 0.29) is 5.97 Å². The van der Waals surface area contributed by atoms with Crippen molar-refractivity contribution in [1.82, 2.24) is 19.9 Å². The van der Waals surface area contributed by atoms with Crippen LogP contribution >= 0.6 is 0 Å². The number of H-pyrrole nitrogens is 1. The van der Waals surface area contributed by atoms with Crippen LogP contribution in [-0.4, -0.2) is 66.2 Å². The highest BCUT2D eigenvalue weighted by Crippen LogP contribution is 2.29. The molecule has 0 aliphatic carbocycles. The fraction of sp³-hybridized carbons (Fsp3) is 0.240. The smallest absolute Gasteiger partial charge is 0.337 e. The molecule has 1 N–H and O–H groups in total. The van der Waals surface area contributed by atoms with Gasteiger partial charge in [0.1, 0.15) is 5.52 Å². The average Bonchev–Trinajstić information content (AvgIpc) is 3.27. The van der Waals surface area contributed by atoms with Crippen LogP contribution in [0.25, 0.3) is 33.5 Å². The molecule has 0 spiro atoms. The van der Waals surface area contributed by atoms with Gasteiger partial charge in [-0.3, -0.25) is 0 Å². The molecule has 2 aromatic carbocycles. The summed E-state index contributed by atoms with van der Waals surface area (Å²) in [6.07, 6.45) is 3.70. The Bertz CT molecular complexity index is 1240. The molecule has 7 nitrogen and oxygen atoms in total. The maximum Gasteiger partial charge on any atom is 0.337 e. The largest absolute Gasteiger partial charge is 0.465 e. The SMILES string of the molecule is COC(=O)c1ccc(-c2c[nH]c3ncc(-c4ccc(N5CCN(C)CC5)cc4)nc23)cc1. The lowest BCUT2D eigenvalue weighted by molar-refractivity contribution is 0.0601. The first-order valence-corrected chi connectivity index (χ1v) is 10.7. The molecule has 0 bridgehead atoms. The summed E-state index contributed by atoms with van der Waals surface area (Å²) in [6, 6.07) is 15.9. The first-order chi connectivity index (χ1) is 15.6. The fourth-order valence-corrected chi connectivity index (χ4v) is 4.06. The topological polar surface area (TPSA) is 74.4 Å². The van der Waals surface area contributed by atoms with Crippen molar-refractivity contribution in [2.24, 2.45) is 0 Å². The number of hydrogen-bond donors (Lipinski definition) is 1. The Labute approximate surface area is 186 Å². The summed E-state index contributed by atoms with van der Waals surface area (Å²) in [4.78, 5) is 29.2. The third-order valence-electron chi connectivity index (χ3n) is 6.03. The van der Waals surface area contributed by atoms with Crippen molar-refractivity contribution in [1.29, 1.82) is 0 Å². The Morgan fingerprint density at radius 2 is 1.66 bits per heavy atom. The molecule has 5 rings (SSSR count). The van der Waals surface area contributed by atoms with Crippen LogP contribution < -0.4 is 4.90 Å². The second-order valence-electron chi connectivity index (χ2n) is 8.06. The average molecular weight is 428 g/mol. The van der Waals surface area contributed by atoms with Crippen LogP contribution in [0.3, 0.4) is 0 Å². The van der Waals surface area contributed by atoms with Crippen LogP contribution in [0.2, 0.25) is 0 Å². The van der Waals surface area contributed by atoms with Gasteiger partial charge in [0.05, 0.1) is 24.6 Å². The third kappa shape index (κ3) is 3.83. The predicted molar refractivity (Wildman–Crippen MR) is 126 cm³/mol. The molecule has 0 saturated carbocycles. The second-order valence-corrected chi connectivity index (χ2v) is 8.06. The lowest BCUT2D eigenvalue weighted by atomic mass is 10.1. The highest BCUT2D eigenvalue weighted by molar-refractivity contribution is 5.93. The van der Waals surface area contributed by atoms with Gasteiger partial charge in [0.15, 0.2) is 5.65 Å². The lowest BCUT2D eigenvalue weighted by Gasteiger charge is -2.34. The molecule has 32 heavy (non-hydrogen) atoms. The van der Waals surface area contributed by atoms with E-state index in [9.17, 15) is 4.79 Å². The number of esters is 1. The summed E-state index contributed by atoms with van der Waals surface area (Å²) >= 11 is 0. The maximum absolute atomic E-state index is 11.7. The van der Waals surface area contributed by atoms with Crippen LogP contribution in [0.15, 0.2) is 60.9 Å². The molecule has 0 unspecified atom stereocenters. The molecular formula is C25H25N5O2. The summed E-state index contributed by atoms with van der Waals surface area (Å²) in [5.74, 6) is -0.349. The number of benzene rings is 2. The van der Waals surface area contributed by atoms with Crippen molar-refractivity contribution >= 4 is 22.8 Å². The first kappa shape index (κ1) is 20.2. The standard InChI is InChI=1S/C25H25N5O2/c1-29-11-13-30(14-12-29)20-9-7-18(8-10-20)22-16-27-24-23(28-22)21(15-26-24)17-3-5-19(6-4-17)25(31)32-2/h3-10,15-16H,11-14H2,1-2H3,(H,26,27). The fourth-order valence-electron chi connectivity index (χ4n) is 4.06. The maximum atomic E-state index is 11.7. The zero-order chi connectivity index (χ0) is 22.1. The molecular weight excluding hydrogens is 402 g/mol. The van der Waals surface area contributed by atoms with E-state index >= 15 is 0 Å². The zero-order valence-corrected chi connectivity index (χ0v) is 18.2. The van der Waals surface area contributed by atoms with Crippen LogP contribution in [0.4, 0.5) is 5.69 Å². The summed E-state index contributed by atoms with van der Waals surface area (Å²) in [7, 11) is 3.54. The highest BCUT2D eigenvalue weighted by atomic mass is 16.5. The molecule has 1 saturated heterocycles. The van der Waals surface area contributed by atoms with Gasteiger partial charge >= 0.3 is 5.97 Å². The Morgan fingerprint density at radius 1 is 0.969 bits per heavy atom. The van der Waals surface area contributed by atoms with Crippen molar-refractivity contribution in [3.05, 3.63) is 66.5 Å². The van der Waals surface area contributed by atoms with Crippen molar-refractivity contribution in [2.45, 2.75) is 0 Å². The number of rotatable bonds is 4. The minimum atomic E-state index is -0.349. The summed E-state index contributed by atoms with van der Waals surface area (Å²) in [5.41, 5.74) is 7.05. The van der Waals surface area contributed by atoms with Crippen LogP contribution in [0.1, 0.15) is 10.4 Å². The van der Waals surface area contributed by atoms with Crippen molar-refractivity contribution in [2.75, 3.05) is 45.2 Å². The lowest BCUT2D eigenvalue weighted by Crippen LogP contribution is -2.44. The van der Waals surface area contributed by atoms with Crippen molar-refractivity contribution in [3.8, 4) is 22.4 Å². The molecule has 2 aromatic heterocycles. The summed E-state index contributed by atoms with van der Waals surface area (Å²) in [6.45, 7) is 4.26. The molecule has 3 heterocycles. The van der Waals surface area contributed by atoms with Crippen molar-refractivity contribution < 1.29 is 9.53 Å². The van der Waals surface area contributed by atoms with E-state index in [0.29, 0.717) is 5.56 Å². The molecule has 162 valence electrons. The number of fused-ring (bicyclic) bond motifs is 1. The van der Waals surface area contributed by atoms with Gasteiger partial charge < -0.3 is 19.5 Å². The van der Waals surface area contributed by atoms with E-state index in [1.165, 1.54) is 12.8 Å². The summed E-state index contributed by atoms with van der Waals surface area (Å²) < 4.78 is 4.78. The number of aromatic nitrogens is 3. The number of nitrogens with one attached hydrogen (secondary N) is 1. The third-order valence-corrected chi connectivity index (χ3v) is 6.03. The van der Waals surface area contributed by atoms with Gasteiger partial charge in [-0.15, -0.1) is 0 Å². The van der Waals surface area contributed by atoms with Crippen molar-refractivity contribution in [3.63, 3.8) is 0 Å². The van der Waals surface area contributed by atoms with E-state index in [4.69, 9.17) is 9.72 Å². The number of piperazine rings is 1. The Kier molecular flexibility index (Phi) is 5.33. The normalized spacial score (nSPS) is 14.6. The van der Waals surface area contributed by atoms with Gasteiger partial charge in [-0.2, -0.15) is 0 Å². The number of anilines is 1. The monoisotopic (exact) mass is 427 g/mol. The molecule has 0 amide bonds. The number of carbonyl (C=O) groups is 1. The number of ether oxygens (including phenoxy) is 1. The molecule has 1 fully saturated rings. The van der Waals surface area contributed by atoms with E-state index < -0.39 is 0 Å². The molecule has 0 radical (unpaired) electrons. The first-order valence-electron chi connectivity index (χ1n) is 10.7. The minimum absolute atomic E-state index is 0.349. The Hall–Kier alpha value is -3.71. The number of aromatic amines is 1. The van der Waals surface area contributed by atoms with E-state index in [1.807, 2.05) is 18.3 Å². The molecule has 0 atom stereocenters. The number of likely N-dealkylation sites (N-methyl/N-ethyl adjacent to an activating group) is 1. The number of methoxy groups -OCH3 is 1. The number of nitrogens with zero attached hydrogens (tertiary/aromatic N) is 4. The van der Waals surface area contributed by atoms with E-state index in [2.05, 4.69) is 51.1 Å². The Balaban J connectivity index is 1.43. The minimum Gasteiger partial charge on any atom is -0.465 e. The number of hydrogen-bond acceptors (Lipinski definition) is 6. The zero-order valence-electron chi connectivity index (χ0n) is 18.2.